The first kappa shape index (κ1) is 20.6. The lowest BCUT2D eigenvalue weighted by molar-refractivity contribution is -0.137. The Hall–Kier alpha value is -3.13. The number of nitrogens with one attached hydrogen (secondary N) is 1. The van der Waals surface area contributed by atoms with E-state index in [-0.39, 0.29) is 11.3 Å². The van der Waals surface area contributed by atoms with E-state index in [4.69, 9.17) is 10.5 Å². The lowest BCUT2D eigenvalue weighted by atomic mass is 10.1. The van der Waals surface area contributed by atoms with E-state index >= 15 is 0 Å². The third kappa shape index (κ3) is 4.83. The fourth-order valence-electron chi connectivity index (χ4n) is 2.65. The Kier molecular flexibility index (Phi) is 6.03. The van der Waals surface area contributed by atoms with E-state index in [0.29, 0.717) is 21.2 Å². The zero-order valence-electron chi connectivity index (χ0n) is 15.3. The molecule has 3 N–H and O–H groups in total. The number of methoxy groups -OCH3 is 1. The van der Waals surface area contributed by atoms with E-state index in [1.165, 1.54) is 19.2 Å². The van der Waals surface area contributed by atoms with Crippen LogP contribution < -0.4 is 15.8 Å². The largest absolute Gasteiger partial charge is 0.495 e. The SMILES string of the molecule is COc1ccccc1NC(=O)c1c(N)cccc1Sc1ccc(C(F)(F)F)cc1. The normalized spacial score (nSPS) is 11.2. The molecule has 0 saturated heterocycles. The number of para-hydroxylation sites is 2. The van der Waals surface area contributed by atoms with Gasteiger partial charge in [0.05, 0.1) is 23.9 Å². The first-order valence-electron chi connectivity index (χ1n) is 8.47. The molecule has 0 atom stereocenters. The minimum Gasteiger partial charge on any atom is -0.495 e. The molecule has 29 heavy (non-hydrogen) atoms. The van der Waals surface area contributed by atoms with Crippen LogP contribution in [0.5, 0.6) is 5.75 Å². The van der Waals surface area contributed by atoms with E-state index < -0.39 is 17.6 Å². The van der Waals surface area contributed by atoms with Gasteiger partial charge in [0.1, 0.15) is 5.75 Å². The Labute approximate surface area is 169 Å². The van der Waals surface area contributed by atoms with E-state index in [1.807, 2.05) is 0 Å². The van der Waals surface area contributed by atoms with Gasteiger partial charge in [0.2, 0.25) is 0 Å². The van der Waals surface area contributed by atoms with Gasteiger partial charge in [-0.05, 0) is 48.5 Å². The predicted octanol–water partition coefficient (Wildman–Crippen LogP) is 5.70. The van der Waals surface area contributed by atoms with Gasteiger partial charge in [-0.15, -0.1) is 0 Å². The predicted molar refractivity (Wildman–Crippen MR) is 107 cm³/mol. The van der Waals surface area contributed by atoms with Crippen molar-refractivity contribution >= 4 is 29.0 Å². The third-order valence-corrected chi connectivity index (χ3v) is 5.12. The van der Waals surface area contributed by atoms with Crippen LogP contribution in [-0.4, -0.2) is 13.0 Å². The quantitative estimate of drug-likeness (QED) is 0.522. The highest BCUT2D eigenvalue weighted by molar-refractivity contribution is 7.99. The van der Waals surface area contributed by atoms with E-state index in [0.717, 1.165) is 23.9 Å². The number of amides is 1. The second-order valence-corrected chi connectivity index (χ2v) is 7.11. The van der Waals surface area contributed by atoms with Crippen molar-refractivity contribution in [3.8, 4) is 5.75 Å². The van der Waals surface area contributed by atoms with Gasteiger partial charge >= 0.3 is 6.18 Å². The second-order valence-electron chi connectivity index (χ2n) is 6.00. The highest BCUT2D eigenvalue weighted by Gasteiger charge is 2.30. The van der Waals surface area contributed by atoms with Crippen LogP contribution >= 0.6 is 11.8 Å². The fraction of sp³-hybridized carbons (Fsp3) is 0.0952. The molecular formula is C21H17F3N2O2S. The lowest BCUT2D eigenvalue weighted by Crippen LogP contribution is -2.15. The molecule has 0 radical (unpaired) electrons. The van der Waals surface area contributed by atoms with Gasteiger partial charge in [-0.2, -0.15) is 13.2 Å². The third-order valence-electron chi connectivity index (χ3n) is 4.05. The van der Waals surface area contributed by atoms with Crippen LogP contribution in [0.4, 0.5) is 24.5 Å². The van der Waals surface area contributed by atoms with E-state index in [9.17, 15) is 18.0 Å². The Morgan fingerprint density at radius 1 is 1.00 bits per heavy atom. The van der Waals surface area contributed by atoms with E-state index in [1.54, 1.807) is 42.5 Å². The number of rotatable bonds is 5. The molecule has 3 rings (SSSR count). The molecule has 150 valence electrons. The van der Waals surface area contributed by atoms with Crippen molar-refractivity contribution in [1.82, 2.24) is 0 Å². The summed E-state index contributed by atoms with van der Waals surface area (Å²) in [6.45, 7) is 0. The van der Waals surface area contributed by atoms with Crippen LogP contribution in [0.3, 0.4) is 0 Å². The van der Waals surface area contributed by atoms with Gasteiger partial charge < -0.3 is 15.8 Å². The summed E-state index contributed by atoms with van der Waals surface area (Å²) < 4.78 is 43.5. The summed E-state index contributed by atoms with van der Waals surface area (Å²) >= 11 is 1.16. The maximum absolute atomic E-state index is 12.9. The first-order chi connectivity index (χ1) is 13.8. The standard InChI is InChI=1S/C21H17F3N2O2S/c1-28-17-7-3-2-6-16(17)26-20(27)19-15(25)5-4-8-18(19)29-14-11-9-13(10-12-14)21(22,23)24/h2-12H,25H2,1H3,(H,26,27). The molecule has 0 saturated carbocycles. The number of alkyl halides is 3. The van der Waals surface area contributed by atoms with Gasteiger partial charge in [0, 0.05) is 15.5 Å². The van der Waals surface area contributed by atoms with Crippen molar-refractivity contribution in [1.29, 1.82) is 0 Å². The van der Waals surface area contributed by atoms with Crippen molar-refractivity contribution in [3.63, 3.8) is 0 Å². The van der Waals surface area contributed by atoms with Crippen LogP contribution in [0.2, 0.25) is 0 Å². The Morgan fingerprint density at radius 2 is 1.69 bits per heavy atom. The van der Waals surface area contributed by atoms with Gasteiger partial charge in [0.15, 0.2) is 0 Å². The molecule has 0 aliphatic carbocycles. The zero-order chi connectivity index (χ0) is 21.0. The van der Waals surface area contributed by atoms with Gasteiger partial charge in [-0.1, -0.05) is 30.0 Å². The molecule has 3 aromatic carbocycles. The summed E-state index contributed by atoms with van der Waals surface area (Å²) in [4.78, 5) is 14.0. The molecule has 1 amide bonds. The second kappa shape index (κ2) is 8.48. The minimum atomic E-state index is -4.40. The highest BCUT2D eigenvalue weighted by Crippen LogP contribution is 2.36. The average molecular weight is 418 g/mol. The smallest absolute Gasteiger partial charge is 0.416 e. The Balaban J connectivity index is 1.88. The molecule has 0 spiro atoms. The molecule has 0 aliphatic heterocycles. The van der Waals surface area contributed by atoms with Gasteiger partial charge in [0.25, 0.3) is 5.91 Å². The molecule has 0 aromatic heterocycles. The van der Waals surface area contributed by atoms with Crippen LogP contribution in [0.25, 0.3) is 0 Å². The number of nitrogens with two attached hydrogens (primary N) is 1. The number of anilines is 2. The molecular weight excluding hydrogens is 401 g/mol. The average Bonchev–Trinajstić information content (AvgIpc) is 2.68. The monoisotopic (exact) mass is 418 g/mol. The van der Waals surface area contributed by atoms with Crippen LogP contribution in [0.15, 0.2) is 76.5 Å². The van der Waals surface area contributed by atoms with Gasteiger partial charge in [-0.3, -0.25) is 4.79 Å². The van der Waals surface area contributed by atoms with Crippen molar-refractivity contribution in [3.05, 3.63) is 77.9 Å². The molecule has 0 aliphatic rings. The molecule has 0 bridgehead atoms. The highest BCUT2D eigenvalue weighted by atomic mass is 32.2. The van der Waals surface area contributed by atoms with Crippen molar-refractivity contribution in [2.45, 2.75) is 16.0 Å². The van der Waals surface area contributed by atoms with Crippen LogP contribution in [0.1, 0.15) is 15.9 Å². The molecule has 0 unspecified atom stereocenters. The lowest BCUT2D eigenvalue weighted by Gasteiger charge is -2.14. The molecule has 0 heterocycles. The number of carbonyl (C=O) groups is 1. The van der Waals surface area contributed by atoms with Crippen molar-refractivity contribution in [2.75, 3.05) is 18.2 Å². The summed E-state index contributed by atoms with van der Waals surface area (Å²) in [6.07, 6.45) is -4.40. The van der Waals surface area contributed by atoms with Crippen molar-refractivity contribution < 1.29 is 22.7 Å². The number of hydrogen-bond donors (Lipinski definition) is 2. The van der Waals surface area contributed by atoms with Crippen LogP contribution in [0, 0.1) is 0 Å². The Morgan fingerprint density at radius 3 is 2.34 bits per heavy atom. The Bertz CT molecular complexity index is 1020. The summed E-state index contributed by atoms with van der Waals surface area (Å²) in [5.41, 5.74) is 6.27. The summed E-state index contributed by atoms with van der Waals surface area (Å²) in [5.74, 6) is 0.0503. The van der Waals surface area contributed by atoms with Gasteiger partial charge in [-0.25, -0.2) is 0 Å². The number of nitrogen functional groups attached to an aromatic ring is 1. The van der Waals surface area contributed by atoms with Crippen molar-refractivity contribution in [2.24, 2.45) is 0 Å². The summed E-state index contributed by atoms with van der Waals surface area (Å²) in [5, 5.41) is 2.77. The minimum absolute atomic E-state index is 0.239. The number of benzene rings is 3. The molecule has 8 heteroatoms. The van der Waals surface area contributed by atoms with E-state index in [2.05, 4.69) is 5.32 Å². The maximum Gasteiger partial charge on any atom is 0.416 e. The van der Waals surface area contributed by atoms with Crippen LogP contribution in [-0.2, 0) is 6.18 Å². The molecule has 3 aromatic rings. The summed E-state index contributed by atoms with van der Waals surface area (Å²) in [6, 6.07) is 16.6. The summed E-state index contributed by atoms with van der Waals surface area (Å²) in [7, 11) is 1.49. The number of hydrogen-bond acceptors (Lipinski definition) is 4. The first-order valence-corrected chi connectivity index (χ1v) is 9.29. The molecule has 0 fully saturated rings. The number of halogens is 3. The fourth-order valence-corrected chi connectivity index (χ4v) is 3.63. The zero-order valence-corrected chi connectivity index (χ0v) is 16.1. The topological polar surface area (TPSA) is 64.3 Å². The number of ether oxygens (including phenoxy) is 1. The number of carbonyl (C=O) groups excluding carboxylic acids is 1. The maximum atomic E-state index is 12.9. The molecule has 4 nitrogen and oxygen atoms in total.